The highest BCUT2D eigenvalue weighted by Gasteiger charge is 2.01. The molecule has 0 N–H and O–H groups in total. The van der Waals surface area contributed by atoms with Crippen molar-refractivity contribution < 1.29 is 0 Å². The van der Waals surface area contributed by atoms with Gasteiger partial charge in [0.1, 0.15) is 0 Å². The standard InChI is InChI=1S/C15H11I/c16-10-14-7-3-6-13-8-11-4-1-2-5-12(11)9-15(13)14/h1-9H,10H2. The molecule has 0 aromatic heterocycles. The van der Waals surface area contributed by atoms with Gasteiger partial charge in [-0.3, -0.25) is 0 Å². The summed E-state index contributed by atoms with van der Waals surface area (Å²) >= 11 is 2.43. The second kappa shape index (κ2) is 4.06. The Morgan fingerprint density at radius 1 is 0.750 bits per heavy atom. The van der Waals surface area contributed by atoms with Gasteiger partial charge in [0.15, 0.2) is 0 Å². The molecule has 0 aliphatic carbocycles. The van der Waals surface area contributed by atoms with Gasteiger partial charge in [0.2, 0.25) is 0 Å². The lowest BCUT2D eigenvalue weighted by molar-refractivity contribution is 1.52. The molecule has 0 radical (unpaired) electrons. The number of hydrogen-bond acceptors (Lipinski definition) is 0. The Morgan fingerprint density at radius 2 is 1.44 bits per heavy atom. The minimum Gasteiger partial charge on any atom is -0.0812 e. The zero-order valence-corrected chi connectivity index (χ0v) is 10.9. The van der Waals surface area contributed by atoms with Crippen molar-refractivity contribution in [3.05, 3.63) is 60.2 Å². The molecule has 0 nitrogen and oxygen atoms in total. The van der Waals surface area contributed by atoms with Gasteiger partial charge < -0.3 is 0 Å². The first-order valence-corrected chi connectivity index (χ1v) is 6.87. The summed E-state index contributed by atoms with van der Waals surface area (Å²) < 4.78 is 1.06. The summed E-state index contributed by atoms with van der Waals surface area (Å²) in [7, 11) is 0. The molecular weight excluding hydrogens is 307 g/mol. The van der Waals surface area contributed by atoms with Gasteiger partial charge >= 0.3 is 0 Å². The topological polar surface area (TPSA) is 0 Å². The van der Waals surface area contributed by atoms with E-state index in [1.54, 1.807) is 0 Å². The minimum atomic E-state index is 1.06. The SMILES string of the molecule is ICc1cccc2cc3ccccc3cc12. The molecule has 0 fully saturated rings. The lowest BCUT2D eigenvalue weighted by Crippen LogP contribution is -1.82. The third kappa shape index (κ3) is 1.59. The molecule has 78 valence electrons. The second-order valence-corrected chi connectivity index (χ2v) is 4.73. The van der Waals surface area contributed by atoms with Crippen molar-refractivity contribution in [2.75, 3.05) is 0 Å². The maximum absolute atomic E-state index is 2.43. The maximum Gasteiger partial charge on any atom is 0.0253 e. The van der Waals surface area contributed by atoms with Gasteiger partial charge in [-0.15, -0.1) is 0 Å². The molecule has 0 aliphatic rings. The van der Waals surface area contributed by atoms with Crippen LogP contribution in [0.5, 0.6) is 0 Å². The number of fused-ring (bicyclic) bond motifs is 2. The third-order valence-electron chi connectivity index (χ3n) is 2.98. The fourth-order valence-electron chi connectivity index (χ4n) is 2.15. The van der Waals surface area contributed by atoms with Crippen LogP contribution in [-0.2, 0) is 4.43 Å². The molecule has 1 heteroatoms. The van der Waals surface area contributed by atoms with Crippen LogP contribution in [0.4, 0.5) is 0 Å². The van der Waals surface area contributed by atoms with E-state index in [9.17, 15) is 0 Å². The molecule has 0 spiro atoms. The van der Waals surface area contributed by atoms with Gasteiger partial charge in [0.25, 0.3) is 0 Å². The summed E-state index contributed by atoms with van der Waals surface area (Å²) in [4.78, 5) is 0. The van der Waals surface area contributed by atoms with E-state index in [4.69, 9.17) is 0 Å². The Balaban J connectivity index is 2.46. The Bertz CT molecular complexity index is 656. The predicted octanol–water partition coefficient (Wildman–Crippen LogP) is 4.93. The Morgan fingerprint density at radius 3 is 2.19 bits per heavy atom. The summed E-state index contributed by atoms with van der Waals surface area (Å²) in [5, 5.41) is 5.37. The average molecular weight is 318 g/mol. The van der Waals surface area contributed by atoms with E-state index >= 15 is 0 Å². The van der Waals surface area contributed by atoms with E-state index in [1.165, 1.54) is 27.1 Å². The van der Waals surface area contributed by atoms with Crippen LogP contribution in [0.1, 0.15) is 5.56 Å². The predicted molar refractivity (Wildman–Crippen MR) is 79.2 cm³/mol. The summed E-state index contributed by atoms with van der Waals surface area (Å²) in [6.07, 6.45) is 0. The van der Waals surface area contributed by atoms with Crippen molar-refractivity contribution in [1.82, 2.24) is 0 Å². The van der Waals surface area contributed by atoms with Gasteiger partial charge in [-0.25, -0.2) is 0 Å². The fourth-order valence-corrected chi connectivity index (χ4v) is 2.81. The highest BCUT2D eigenvalue weighted by molar-refractivity contribution is 14.1. The minimum absolute atomic E-state index is 1.06. The zero-order valence-electron chi connectivity index (χ0n) is 8.78. The zero-order chi connectivity index (χ0) is 11.0. The molecule has 3 aromatic carbocycles. The monoisotopic (exact) mass is 318 g/mol. The molecule has 0 atom stereocenters. The first-order chi connectivity index (χ1) is 7.88. The van der Waals surface area contributed by atoms with Crippen LogP contribution in [0.15, 0.2) is 54.6 Å². The van der Waals surface area contributed by atoms with E-state index in [0.717, 1.165) is 4.43 Å². The summed E-state index contributed by atoms with van der Waals surface area (Å²) in [5.74, 6) is 0. The van der Waals surface area contributed by atoms with Crippen molar-refractivity contribution >= 4 is 44.1 Å². The quantitative estimate of drug-likeness (QED) is 0.339. The van der Waals surface area contributed by atoms with Gasteiger partial charge in [-0.05, 0) is 39.2 Å². The van der Waals surface area contributed by atoms with Gasteiger partial charge in [-0.1, -0.05) is 65.1 Å². The Kier molecular flexibility index (Phi) is 2.56. The van der Waals surface area contributed by atoms with Crippen LogP contribution < -0.4 is 0 Å². The van der Waals surface area contributed by atoms with E-state index in [-0.39, 0.29) is 0 Å². The molecule has 0 saturated carbocycles. The van der Waals surface area contributed by atoms with Gasteiger partial charge in [0, 0.05) is 4.43 Å². The van der Waals surface area contributed by atoms with E-state index in [1.807, 2.05) is 0 Å². The van der Waals surface area contributed by atoms with Crippen LogP contribution in [0.25, 0.3) is 21.5 Å². The van der Waals surface area contributed by atoms with E-state index in [0.29, 0.717) is 0 Å². The van der Waals surface area contributed by atoms with Crippen LogP contribution in [-0.4, -0.2) is 0 Å². The molecule has 16 heavy (non-hydrogen) atoms. The largest absolute Gasteiger partial charge is 0.0812 e. The lowest BCUT2D eigenvalue weighted by atomic mass is 10.0. The Hall–Kier alpha value is -1.09. The molecule has 0 heterocycles. The number of halogens is 1. The number of benzene rings is 3. The van der Waals surface area contributed by atoms with Crippen molar-refractivity contribution in [3.63, 3.8) is 0 Å². The second-order valence-electron chi connectivity index (χ2n) is 3.97. The number of alkyl halides is 1. The first-order valence-electron chi connectivity index (χ1n) is 5.35. The van der Waals surface area contributed by atoms with Crippen molar-refractivity contribution in [2.45, 2.75) is 4.43 Å². The number of rotatable bonds is 1. The first kappa shape index (κ1) is 10.1. The van der Waals surface area contributed by atoms with Crippen LogP contribution in [0, 0.1) is 0 Å². The highest BCUT2D eigenvalue weighted by Crippen LogP contribution is 2.26. The van der Waals surface area contributed by atoms with Gasteiger partial charge in [0.05, 0.1) is 0 Å². The van der Waals surface area contributed by atoms with E-state index < -0.39 is 0 Å². The fraction of sp³-hybridized carbons (Fsp3) is 0.0667. The molecule has 3 rings (SSSR count). The van der Waals surface area contributed by atoms with Crippen molar-refractivity contribution in [1.29, 1.82) is 0 Å². The molecule has 3 aromatic rings. The molecule has 0 unspecified atom stereocenters. The highest BCUT2D eigenvalue weighted by atomic mass is 127. The van der Waals surface area contributed by atoms with Crippen molar-refractivity contribution in [2.24, 2.45) is 0 Å². The molecule has 0 saturated heterocycles. The molecule has 0 bridgehead atoms. The molecular formula is C15H11I. The van der Waals surface area contributed by atoms with Gasteiger partial charge in [-0.2, -0.15) is 0 Å². The maximum atomic E-state index is 2.43. The van der Waals surface area contributed by atoms with Crippen LogP contribution in [0.2, 0.25) is 0 Å². The van der Waals surface area contributed by atoms with Crippen molar-refractivity contribution in [3.8, 4) is 0 Å². The Labute approximate surface area is 108 Å². The van der Waals surface area contributed by atoms with E-state index in [2.05, 4.69) is 77.2 Å². The molecule has 0 amide bonds. The number of hydrogen-bond donors (Lipinski definition) is 0. The third-order valence-corrected chi connectivity index (χ3v) is 3.80. The van der Waals surface area contributed by atoms with Crippen LogP contribution >= 0.6 is 22.6 Å². The normalized spacial score (nSPS) is 11.1. The van der Waals surface area contributed by atoms with Crippen LogP contribution in [0.3, 0.4) is 0 Å². The molecule has 0 aliphatic heterocycles. The summed E-state index contributed by atoms with van der Waals surface area (Å²) in [6.45, 7) is 0. The average Bonchev–Trinajstić information content (AvgIpc) is 2.35. The summed E-state index contributed by atoms with van der Waals surface area (Å²) in [5.41, 5.74) is 1.42. The lowest BCUT2D eigenvalue weighted by Gasteiger charge is -2.05. The smallest absolute Gasteiger partial charge is 0.0253 e. The summed E-state index contributed by atoms with van der Waals surface area (Å²) in [6, 6.07) is 19.7.